The van der Waals surface area contributed by atoms with E-state index in [1.54, 1.807) is 31.4 Å². The fraction of sp³-hybridized carbons (Fsp3) is 0.500. The fourth-order valence-corrected chi connectivity index (χ4v) is 2.55. The van der Waals surface area contributed by atoms with E-state index in [1.807, 2.05) is 0 Å². The zero-order valence-corrected chi connectivity index (χ0v) is 12.6. The van der Waals surface area contributed by atoms with Crippen LogP contribution < -0.4 is 10.1 Å². The van der Waals surface area contributed by atoms with Gasteiger partial charge in [-0.3, -0.25) is 9.59 Å². The Morgan fingerprint density at radius 3 is 2.55 bits per heavy atom. The highest BCUT2D eigenvalue weighted by molar-refractivity contribution is 5.94. The minimum Gasteiger partial charge on any atom is -0.491 e. The van der Waals surface area contributed by atoms with Crippen LogP contribution in [0.2, 0.25) is 0 Å². The van der Waals surface area contributed by atoms with E-state index < -0.39 is 5.97 Å². The van der Waals surface area contributed by atoms with E-state index in [-0.39, 0.29) is 17.9 Å². The van der Waals surface area contributed by atoms with Gasteiger partial charge in [0.1, 0.15) is 12.4 Å². The molecule has 0 saturated heterocycles. The van der Waals surface area contributed by atoms with Crippen LogP contribution in [0.25, 0.3) is 0 Å². The Morgan fingerprint density at radius 1 is 1.23 bits per heavy atom. The number of amides is 1. The Morgan fingerprint density at radius 2 is 1.95 bits per heavy atom. The standard InChI is InChI=1S/C16H21NO5/c1-21-8-9-22-14-6-3-11(4-7-14)15(18)17-13-5-2-12(10-13)16(19)20/h3-4,6-7,12-13H,2,5,8-10H2,1H3,(H,17,18)(H,19,20)/t12-,13+/m0/s1. The third-order valence-corrected chi connectivity index (χ3v) is 3.79. The lowest BCUT2D eigenvalue weighted by atomic mass is 10.1. The minimum absolute atomic E-state index is 0.0637. The van der Waals surface area contributed by atoms with Gasteiger partial charge in [0.2, 0.25) is 0 Å². The number of carboxylic acid groups (broad SMARTS) is 1. The molecule has 1 aliphatic carbocycles. The molecule has 1 fully saturated rings. The number of aliphatic carboxylic acids is 1. The normalized spacial score (nSPS) is 20.6. The van der Waals surface area contributed by atoms with Gasteiger partial charge in [-0.2, -0.15) is 0 Å². The van der Waals surface area contributed by atoms with E-state index in [1.165, 1.54) is 0 Å². The van der Waals surface area contributed by atoms with E-state index in [2.05, 4.69) is 5.32 Å². The predicted octanol–water partition coefficient (Wildman–Crippen LogP) is 1.69. The molecule has 0 bridgehead atoms. The van der Waals surface area contributed by atoms with Crippen LogP contribution in [0.5, 0.6) is 5.75 Å². The molecule has 120 valence electrons. The second-order valence-corrected chi connectivity index (χ2v) is 5.38. The lowest BCUT2D eigenvalue weighted by molar-refractivity contribution is -0.141. The van der Waals surface area contributed by atoms with Gasteiger partial charge in [-0.1, -0.05) is 0 Å². The van der Waals surface area contributed by atoms with Gasteiger partial charge in [-0.25, -0.2) is 0 Å². The van der Waals surface area contributed by atoms with Crippen LogP contribution in [0.4, 0.5) is 0 Å². The zero-order valence-electron chi connectivity index (χ0n) is 12.6. The first kappa shape index (κ1) is 16.3. The van der Waals surface area contributed by atoms with Crippen molar-refractivity contribution in [2.45, 2.75) is 25.3 Å². The van der Waals surface area contributed by atoms with Crippen LogP contribution in [-0.4, -0.2) is 43.3 Å². The van der Waals surface area contributed by atoms with Crippen molar-refractivity contribution in [3.8, 4) is 5.75 Å². The molecular formula is C16H21NO5. The highest BCUT2D eigenvalue weighted by atomic mass is 16.5. The third-order valence-electron chi connectivity index (χ3n) is 3.79. The Hall–Kier alpha value is -2.08. The molecule has 2 N–H and O–H groups in total. The minimum atomic E-state index is -0.783. The summed E-state index contributed by atoms with van der Waals surface area (Å²) in [6.07, 6.45) is 1.83. The molecule has 1 amide bonds. The van der Waals surface area contributed by atoms with Crippen LogP contribution in [0.3, 0.4) is 0 Å². The number of methoxy groups -OCH3 is 1. The molecule has 1 aromatic rings. The maximum atomic E-state index is 12.1. The summed E-state index contributed by atoms with van der Waals surface area (Å²) in [4.78, 5) is 23.0. The molecule has 0 aliphatic heterocycles. The molecule has 6 heteroatoms. The van der Waals surface area contributed by atoms with Gasteiger partial charge in [0, 0.05) is 18.7 Å². The molecular weight excluding hydrogens is 286 g/mol. The maximum Gasteiger partial charge on any atom is 0.306 e. The van der Waals surface area contributed by atoms with Crippen molar-refractivity contribution < 1.29 is 24.2 Å². The van der Waals surface area contributed by atoms with Gasteiger partial charge in [-0.05, 0) is 43.5 Å². The van der Waals surface area contributed by atoms with Gasteiger partial charge >= 0.3 is 5.97 Å². The van der Waals surface area contributed by atoms with Crippen molar-refractivity contribution in [2.75, 3.05) is 20.3 Å². The van der Waals surface area contributed by atoms with Crippen LogP contribution >= 0.6 is 0 Å². The number of hydrogen-bond acceptors (Lipinski definition) is 4. The molecule has 1 aliphatic rings. The smallest absolute Gasteiger partial charge is 0.306 e. The topological polar surface area (TPSA) is 84.9 Å². The highest BCUT2D eigenvalue weighted by Gasteiger charge is 2.30. The Balaban J connectivity index is 1.84. The van der Waals surface area contributed by atoms with E-state index in [0.717, 1.165) is 0 Å². The maximum absolute atomic E-state index is 12.1. The monoisotopic (exact) mass is 307 g/mol. The van der Waals surface area contributed by atoms with Gasteiger partial charge in [0.25, 0.3) is 5.91 Å². The number of nitrogens with one attached hydrogen (secondary N) is 1. The van der Waals surface area contributed by atoms with E-state index >= 15 is 0 Å². The number of carboxylic acids is 1. The molecule has 22 heavy (non-hydrogen) atoms. The van der Waals surface area contributed by atoms with E-state index in [9.17, 15) is 9.59 Å². The molecule has 0 radical (unpaired) electrons. The van der Waals surface area contributed by atoms with Crippen molar-refractivity contribution in [2.24, 2.45) is 5.92 Å². The third kappa shape index (κ3) is 4.46. The number of ether oxygens (including phenoxy) is 2. The summed E-state index contributed by atoms with van der Waals surface area (Å²) < 4.78 is 10.3. The second kappa shape index (κ2) is 7.79. The predicted molar refractivity (Wildman–Crippen MR) is 80.0 cm³/mol. The molecule has 0 aromatic heterocycles. The van der Waals surface area contributed by atoms with Crippen molar-refractivity contribution in [1.82, 2.24) is 5.32 Å². The zero-order chi connectivity index (χ0) is 15.9. The average molecular weight is 307 g/mol. The van der Waals surface area contributed by atoms with Gasteiger partial charge in [0.15, 0.2) is 0 Å². The van der Waals surface area contributed by atoms with Crippen LogP contribution in [-0.2, 0) is 9.53 Å². The Bertz CT molecular complexity index is 514. The van der Waals surface area contributed by atoms with Crippen molar-refractivity contribution in [3.05, 3.63) is 29.8 Å². The lowest BCUT2D eigenvalue weighted by Gasteiger charge is -2.13. The molecule has 0 heterocycles. The first-order valence-corrected chi connectivity index (χ1v) is 7.35. The summed E-state index contributed by atoms with van der Waals surface area (Å²) in [5.41, 5.74) is 0.540. The molecule has 1 aromatic carbocycles. The van der Waals surface area contributed by atoms with Crippen LogP contribution in [0.1, 0.15) is 29.6 Å². The number of benzene rings is 1. The molecule has 6 nitrogen and oxygen atoms in total. The van der Waals surface area contributed by atoms with E-state index in [4.69, 9.17) is 14.6 Å². The summed E-state index contributed by atoms with van der Waals surface area (Å²) >= 11 is 0. The summed E-state index contributed by atoms with van der Waals surface area (Å²) in [6, 6.07) is 6.80. The lowest BCUT2D eigenvalue weighted by Crippen LogP contribution is -2.33. The molecule has 2 rings (SSSR count). The van der Waals surface area contributed by atoms with Crippen molar-refractivity contribution in [3.63, 3.8) is 0 Å². The first-order valence-electron chi connectivity index (χ1n) is 7.35. The Labute approximate surface area is 129 Å². The number of carbonyl (C=O) groups excluding carboxylic acids is 1. The van der Waals surface area contributed by atoms with E-state index in [0.29, 0.717) is 43.8 Å². The number of hydrogen-bond donors (Lipinski definition) is 2. The van der Waals surface area contributed by atoms with Crippen LogP contribution in [0.15, 0.2) is 24.3 Å². The average Bonchev–Trinajstić information content (AvgIpc) is 2.97. The van der Waals surface area contributed by atoms with Crippen LogP contribution in [0, 0.1) is 5.92 Å². The molecule has 1 saturated carbocycles. The summed E-state index contributed by atoms with van der Waals surface area (Å²) in [5.74, 6) is -0.629. The number of rotatable bonds is 7. The SMILES string of the molecule is COCCOc1ccc(C(=O)N[C@@H]2CC[C@H](C(=O)O)C2)cc1. The Kier molecular flexibility index (Phi) is 5.77. The highest BCUT2D eigenvalue weighted by Crippen LogP contribution is 2.26. The first-order chi connectivity index (χ1) is 10.6. The number of carbonyl (C=O) groups is 2. The summed E-state index contributed by atoms with van der Waals surface area (Å²) in [5, 5.41) is 11.9. The summed E-state index contributed by atoms with van der Waals surface area (Å²) in [6.45, 7) is 0.968. The van der Waals surface area contributed by atoms with Gasteiger partial charge < -0.3 is 19.9 Å². The molecule has 2 atom stereocenters. The fourth-order valence-electron chi connectivity index (χ4n) is 2.55. The van der Waals surface area contributed by atoms with Gasteiger partial charge in [-0.15, -0.1) is 0 Å². The second-order valence-electron chi connectivity index (χ2n) is 5.38. The molecule has 0 unspecified atom stereocenters. The summed E-state index contributed by atoms with van der Waals surface area (Å²) in [7, 11) is 1.61. The molecule has 0 spiro atoms. The largest absolute Gasteiger partial charge is 0.491 e. The quantitative estimate of drug-likeness (QED) is 0.749. The van der Waals surface area contributed by atoms with Gasteiger partial charge in [0.05, 0.1) is 12.5 Å². The van der Waals surface area contributed by atoms with Crippen molar-refractivity contribution in [1.29, 1.82) is 0 Å². The van der Waals surface area contributed by atoms with Crippen molar-refractivity contribution >= 4 is 11.9 Å².